The van der Waals surface area contributed by atoms with Crippen molar-refractivity contribution in [2.45, 2.75) is 38.8 Å². The summed E-state index contributed by atoms with van der Waals surface area (Å²) in [5, 5.41) is 9.18. The minimum atomic E-state index is -0.845. The molecule has 2 aliphatic heterocycles. The summed E-state index contributed by atoms with van der Waals surface area (Å²) in [4.78, 5) is 24.8. The van der Waals surface area contributed by atoms with E-state index in [-0.39, 0.29) is 12.0 Å². The summed E-state index contributed by atoms with van der Waals surface area (Å²) < 4.78 is 5.32. The van der Waals surface area contributed by atoms with Crippen LogP contribution in [0.2, 0.25) is 0 Å². The van der Waals surface area contributed by atoms with Crippen molar-refractivity contribution in [2.75, 3.05) is 6.54 Å². The van der Waals surface area contributed by atoms with Gasteiger partial charge in [-0.05, 0) is 33.1 Å². The predicted octanol–water partition coefficient (Wildman–Crippen LogP) is 1.88. The van der Waals surface area contributed by atoms with Crippen LogP contribution in [0, 0.1) is 11.8 Å². The fraction of sp³-hybridized carbons (Fsp3) is 0.692. The van der Waals surface area contributed by atoms with Gasteiger partial charge in [0.15, 0.2) is 0 Å². The number of piperidine rings is 1. The third-order valence-corrected chi connectivity index (χ3v) is 3.29. The lowest BCUT2D eigenvalue weighted by Gasteiger charge is -2.44. The molecule has 1 aliphatic carbocycles. The highest BCUT2D eigenvalue weighted by Gasteiger charge is 2.44. The fourth-order valence-corrected chi connectivity index (χ4v) is 2.54. The van der Waals surface area contributed by atoms with Crippen LogP contribution in [0.15, 0.2) is 12.2 Å². The summed E-state index contributed by atoms with van der Waals surface area (Å²) in [7, 11) is 0. The number of carboxylic acids is 1. The second-order valence-corrected chi connectivity index (χ2v) is 5.95. The average Bonchev–Trinajstić information content (AvgIpc) is 2.27. The molecule has 100 valence electrons. The molecule has 1 saturated heterocycles. The maximum Gasteiger partial charge on any atom is 0.410 e. The Bertz CT molecular complexity index is 396. The fourth-order valence-electron chi connectivity index (χ4n) is 2.54. The first-order valence-corrected chi connectivity index (χ1v) is 6.18. The maximum atomic E-state index is 12.0. The molecule has 3 aliphatic rings. The standard InChI is InChI=1S/C13H19NO4/c1-13(2,3)18-12(17)14-7-8-4-5-10(14)9(6-8)11(15)16/h4-5,8-10H,6-7H2,1-3H3,(H,15,16). The van der Waals surface area contributed by atoms with Crippen LogP contribution in [-0.2, 0) is 9.53 Å². The molecule has 5 nitrogen and oxygen atoms in total. The highest BCUT2D eigenvalue weighted by atomic mass is 16.6. The lowest BCUT2D eigenvalue weighted by atomic mass is 9.78. The predicted molar refractivity (Wildman–Crippen MR) is 65.1 cm³/mol. The van der Waals surface area contributed by atoms with E-state index in [1.165, 1.54) is 4.90 Å². The van der Waals surface area contributed by atoms with Crippen molar-refractivity contribution in [3.8, 4) is 0 Å². The molecule has 1 N–H and O–H groups in total. The first-order valence-electron chi connectivity index (χ1n) is 6.18. The Balaban J connectivity index is 2.13. The Morgan fingerprint density at radius 1 is 1.33 bits per heavy atom. The van der Waals surface area contributed by atoms with Crippen LogP contribution in [0.5, 0.6) is 0 Å². The van der Waals surface area contributed by atoms with E-state index in [1.807, 2.05) is 12.2 Å². The van der Waals surface area contributed by atoms with Gasteiger partial charge in [-0.2, -0.15) is 0 Å². The first kappa shape index (κ1) is 12.9. The van der Waals surface area contributed by atoms with Gasteiger partial charge in [0.25, 0.3) is 0 Å². The van der Waals surface area contributed by atoms with E-state index in [2.05, 4.69) is 0 Å². The Kier molecular flexibility index (Phi) is 3.09. The van der Waals surface area contributed by atoms with Crippen molar-refractivity contribution in [1.82, 2.24) is 4.90 Å². The second-order valence-electron chi connectivity index (χ2n) is 5.95. The quantitative estimate of drug-likeness (QED) is 0.724. The lowest BCUT2D eigenvalue weighted by Crippen LogP contribution is -2.55. The minimum absolute atomic E-state index is 0.128. The zero-order chi connectivity index (χ0) is 13.5. The summed E-state index contributed by atoms with van der Waals surface area (Å²) >= 11 is 0. The number of fused-ring (bicyclic) bond motifs is 2. The number of carboxylic acid groups (broad SMARTS) is 1. The number of aliphatic carboxylic acids is 1. The molecule has 5 heteroatoms. The maximum absolute atomic E-state index is 12.0. The number of hydrogen-bond donors (Lipinski definition) is 1. The number of amides is 1. The van der Waals surface area contributed by atoms with Gasteiger partial charge in [-0.25, -0.2) is 4.79 Å². The van der Waals surface area contributed by atoms with Crippen LogP contribution in [0.4, 0.5) is 4.79 Å². The van der Waals surface area contributed by atoms with Crippen molar-refractivity contribution in [1.29, 1.82) is 0 Å². The van der Waals surface area contributed by atoms with Gasteiger partial charge in [0, 0.05) is 6.54 Å². The molecule has 0 aromatic heterocycles. The summed E-state index contributed by atoms with van der Waals surface area (Å²) in [5.41, 5.74) is -0.559. The Morgan fingerprint density at radius 2 is 2.00 bits per heavy atom. The average molecular weight is 253 g/mol. The molecule has 3 atom stereocenters. The molecule has 0 saturated carbocycles. The van der Waals surface area contributed by atoms with Crippen LogP contribution in [0.1, 0.15) is 27.2 Å². The van der Waals surface area contributed by atoms with Crippen LogP contribution in [0.3, 0.4) is 0 Å². The van der Waals surface area contributed by atoms with Crippen molar-refractivity contribution in [3.63, 3.8) is 0 Å². The van der Waals surface area contributed by atoms with Crippen molar-refractivity contribution >= 4 is 12.1 Å². The van der Waals surface area contributed by atoms with Gasteiger partial charge in [0.2, 0.25) is 0 Å². The molecule has 0 aromatic rings. The number of nitrogens with zero attached hydrogens (tertiary/aromatic N) is 1. The number of carbonyl (C=O) groups excluding carboxylic acids is 1. The summed E-state index contributed by atoms with van der Waals surface area (Å²) in [6, 6.07) is -0.373. The summed E-state index contributed by atoms with van der Waals surface area (Å²) in [5.74, 6) is -1.23. The zero-order valence-electron chi connectivity index (χ0n) is 10.9. The van der Waals surface area contributed by atoms with Gasteiger partial charge in [-0.1, -0.05) is 12.2 Å². The molecular weight excluding hydrogens is 234 g/mol. The van der Waals surface area contributed by atoms with Gasteiger partial charge in [-0.15, -0.1) is 0 Å². The van der Waals surface area contributed by atoms with Gasteiger partial charge in [-0.3, -0.25) is 4.79 Å². The van der Waals surface area contributed by atoms with E-state index in [1.54, 1.807) is 20.8 Å². The SMILES string of the molecule is CC(C)(C)OC(=O)N1CC2C=CC1C(C(=O)O)C2. The van der Waals surface area contributed by atoms with Crippen LogP contribution < -0.4 is 0 Å². The van der Waals surface area contributed by atoms with E-state index in [0.717, 1.165) is 0 Å². The van der Waals surface area contributed by atoms with Crippen LogP contribution in [-0.4, -0.2) is 40.3 Å². The summed E-state index contributed by atoms with van der Waals surface area (Å²) in [6.07, 6.45) is 4.01. The Labute approximate surface area is 106 Å². The monoisotopic (exact) mass is 253 g/mol. The first-order chi connectivity index (χ1) is 8.28. The molecular formula is C13H19NO4. The van der Waals surface area contributed by atoms with Gasteiger partial charge >= 0.3 is 12.1 Å². The molecule has 2 heterocycles. The van der Waals surface area contributed by atoms with Crippen molar-refractivity contribution in [2.24, 2.45) is 11.8 Å². The second kappa shape index (κ2) is 4.30. The molecule has 3 unspecified atom stereocenters. The molecule has 18 heavy (non-hydrogen) atoms. The third-order valence-electron chi connectivity index (χ3n) is 3.29. The molecule has 0 spiro atoms. The molecule has 2 bridgehead atoms. The van der Waals surface area contributed by atoms with Crippen molar-refractivity contribution < 1.29 is 19.4 Å². The topological polar surface area (TPSA) is 66.8 Å². The van der Waals surface area contributed by atoms with E-state index < -0.39 is 23.6 Å². The van der Waals surface area contributed by atoms with Gasteiger partial charge < -0.3 is 14.7 Å². The highest BCUT2D eigenvalue weighted by molar-refractivity contribution is 5.75. The third kappa shape index (κ3) is 2.49. The van der Waals surface area contributed by atoms with Crippen LogP contribution >= 0.6 is 0 Å². The van der Waals surface area contributed by atoms with E-state index in [9.17, 15) is 14.7 Å². The normalized spacial score (nSPS) is 30.4. The Hall–Kier alpha value is -1.52. The number of hydrogen-bond acceptors (Lipinski definition) is 3. The largest absolute Gasteiger partial charge is 0.481 e. The highest BCUT2D eigenvalue weighted by Crippen LogP contribution is 2.35. The Morgan fingerprint density at radius 3 is 2.50 bits per heavy atom. The lowest BCUT2D eigenvalue weighted by molar-refractivity contribution is -0.145. The number of rotatable bonds is 1. The molecule has 3 rings (SSSR count). The van der Waals surface area contributed by atoms with Crippen LogP contribution in [0.25, 0.3) is 0 Å². The zero-order valence-corrected chi connectivity index (χ0v) is 10.9. The van der Waals surface area contributed by atoms with E-state index in [4.69, 9.17) is 4.74 Å². The molecule has 0 aromatic carbocycles. The number of carbonyl (C=O) groups is 2. The molecule has 0 radical (unpaired) electrons. The summed E-state index contributed by atoms with van der Waals surface area (Å²) in [6.45, 7) is 5.97. The van der Waals surface area contributed by atoms with E-state index in [0.29, 0.717) is 13.0 Å². The van der Waals surface area contributed by atoms with Gasteiger partial charge in [0.05, 0.1) is 12.0 Å². The van der Waals surface area contributed by atoms with Gasteiger partial charge in [0.1, 0.15) is 5.60 Å². The van der Waals surface area contributed by atoms with E-state index >= 15 is 0 Å². The van der Waals surface area contributed by atoms with Crippen molar-refractivity contribution in [3.05, 3.63) is 12.2 Å². The number of ether oxygens (including phenoxy) is 1. The molecule has 1 fully saturated rings. The molecule has 1 amide bonds. The minimum Gasteiger partial charge on any atom is -0.481 e. The smallest absolute Gasteiger partial charge is 0.410 e.